The van der Waals surface area contributed by atoms with Gasteiger partial charge in [-0.3, -0.25) is 4.79 Å². The molecule has 148 valence electrons. The average Bonchev–Trinajstić information content (AvgIpc) is 3.08. The summed E-state index contributed by atoms with van der Waals surface area (Å²) < 4.78 is 19.4. The summed E-state index contributed by atoms with van der Waals surface area (Å²) in [6, 6.07) is 14.0. The fourth-order valence-electron chi connectivity index (χ4n) is 4.25. The highest BCUT2D eigenvalue weighted by Gasteiger charge is 2.38. The molecule has 2 aromatic carbocycles. The molecule has 1 amide bonds. The molecule has 2 fully saturated rings. The van der Waals surface area contributed by atoms with Crippen LogP contribution in [0.4, 0.5) is 10.1 Å². The molecule has 2 aliphatic heterocycles. The lowest BCUT2D eigenvalue weighted by Crippen LogP contribution is -2.48. The van der Waals surface area contributed by atoms with Crippen LogP contribution in [-0.2, 0) is 14.9 Å². The number of hydrogen-bond acceptors (Lipinski definition) is 3. The van der Waals surface area contributed by atoms with Gasteiger partial charge in [0.05, 0.1) is 16.8 Å². The summed E-state index contributed by atoms with van der Waals surface area (Å²) >= 11 is 6.27. The summed E-state index contributed by atoms with van der Waals surface area (Å²) in [5, 5.41) is 4.05. The quantitative estimate of drug-likeness (QED) is 0.824. The molecule has 0 aromatic heterocycles. The highest BCUT2D eigenvalue weighted by Crippen LogP contribution is 2.35. The minimum absolute atomic E-state index is 0.0366. The number of nitrogens with zero attached hydrogens (tertiary/aromatic N) is 1. The molecule has 2 aliphatic rings. The number of hydrogen-bond donors (Lipinski definition) is 1. The van der Waals surface area contributed by atoms with Crippen molar-refractivity contribution in [3.63, 3.8) is 0 Å². The van der Waals surface area contributed by atoms with Crippen molar-refractivity contribution < 1.29 is 13.9 Å². The van der Waals surface area contributed by atoms with E-state index in [1.807, 2.05) is 24.3 Å². The van der Waals surface area contributed by atoms with Crippen molar-refractivity contribution >= 4 is 23.2 Å². The van der Waals surface area contributed by atoms with E-state index in [4.69, 9.17) is 16.3 Å². The predicted molar refractivity (Wildman–Crippen MR) is 108 cm³/mol. The van der Waals surface area contributed by atoms with Crippen LogP contribution in [-0.4, -0.2) is 38.3 Å². The first-order chi connectivity index (χ1) is 13.6. The van der Waals surface area contributed by atoms with Gasteiger partial charge in [0.15, 0.2) is 0 Å². The van der Waals surface area contributed by atoms with Gasteiger partial charge in [-0.25, -0.2) is 4.39 Å². The number of para-hydroxylation sites is 1. The Morgan fingerprint density at radius 1 is 1.18 bits per heavy atom. The molecule has 28 heavy (non-hydrogen) atoms. The first kappa shape index (κ1) is 19.4. The van der Waals surface area contributed by atoms with E-state index in [2.05, 4.69) is 5.32 Å². The predicted octanol–water partition coefficient (Wildman–Crippen LogP) is 3.92. The van der Waals surface area contributed by atoms with Gasteiger partial charge in [-0.15, -0.1) is 0 Å². The van der Waals surface area contributed by atoms with E-state index in [1.54, 1.807) is 23.1 Å². The lowest BCUT2D eigenvalue weighted by Gasteiger charge is -2.38. The molecule has 2 aromatic rings. The third-order valence-electron chi connectivity index (χ3n) is 5.92. The molecule has 0 radical (unpaired) electrons. The number of rotatable bonds is 5. The molecule has 0 aliphatic carbocycles. The topological polar surface area (TPSA) is 41.6 Å². The molecule has 1 atom stereocenters. The monoisotopic (exact) mass is 402 g/mol. The summed E-state index contributed by atoms with van der Waals surface area (Å²) in [6.07, 6.45) is 2.33. The summed E-state index contributed by atoms with van der Waals surface area (Å²) in [7, 11) is 0. The Kier molecular flexibility index (Phi) is 5.67. The summed E-state index contributed by atoms with van der Waals surface area (Å²) in [5.41, 5.74) is 1.50. The van der Waals surface area contributed by atoms with Crippen molar-refractivity contribution in [3.05, 3.63) is 64.9 Å². The van der Waals surface area contributed by atoms with Crippen molar-refractivity contribution in [2.75, 3.05) is 31.2 Å². The maximum absolute atomic E-state index is 13.8. The van der Waals surface area contributed by atoms with Gasteiger partial charge < -0.3 is 15.0 Å². The molecule has 2 saturated heterocycles. The van der Waals surface area contributed by atoms with Gasteiger partial charge in [-0.2, -0.15) is 0 Å². The number of amides is 1. The fourth-order valence-corrected chi connectivity index (χ4v) is 4.48. The second-order valence-electron chi connectivity index (χ2n) is 7.57. The molecule has 1 unspecified atom stereocenters. The van der Waals surface area contributed by atoms with E-state index in [1.165, 1.54) is 6.07 Å². The van der Waals surface area contributed by atoms with Gasteiger partial charge in [0.1, 0.15) is 5.82 Å². The zero-order valence-electron chi connectivity index (χ0n) is 15.7. The van der Waals surface area contributed by atoms with Crippen LogP contribution in [0.5, 0.6) is 0 Å². The highest BCUT2D eigenvalue weighted by atomic mass is 35.5. The molecule has 6 heteroatoms. The molecular formula is C22H24ClFN2O2. The Labute approximate surface area is 169 Å². The number of carbonyl (C=O) groups excluding carboxylic acids is 1. The van der Waals surface area contributed by atoms with E-state index in [0.717, 1.165) is 30.5 Å². The smallest absolute Gasteiger partial charge is 0.244 e. The lowest BCUT2D eigenvalue weighted by molar-refractivity contribution is -0.118. The number of carbonyl (C=O) groups is 1. The van der Waals surface area contributed by atoms with Crippen LogP contribution >= 0.6 is 11.6 Å². The Hall–Kier alpha value is -1.95. The largest absolute Gasteiger partial charge is 0.381 e. The SMILES string of the molecule is O=C1C(NCC2(c3cccc(F)c3)CCOCC2)CCN1c1ccccc1Cl. The van der Waals surface area contributed by atoms with Gasteiger partial charge in [0.25, 0.3) is 0 Å². The van der Waals surface area contributed by atoms with Crippen molar-refractivity contribution in [2.45, 2.75) is 30.7 Å². The number of benzene rings is 2. The van der Waals surface area contributed by atoms with E-state index < -0.39 is 0 Å². The fraction of sp³-hybridized carbons (Fsp3) is 0.409. The summed E-state index contributed by atoms with van der Waals surface area (Å²) in [4.78, 5) is 14.7. The molecular weight excluding hydrogens is 379 g/mol. The number of ether oxygens (including phenoxy) is 1. The normalized spacial score (nSPS) is 21.9. The van der Waals surface area contributed by atoms with Crippen LogP contribution in [0, 0.1) is 5.82 Å². The maximum Gasteiger partial charge on any atom is 0.244 e. The van der Waals surface area contributed by atoms with Crippen molar-refractivity contribution in [2.24, 2.45) is 0 Å². The molecule has 1 N–H and O–H groups in total. The van der Waals surface area contributed by atoms with Crippen molar-refractivity contribution in [3.8, 4) is 0 Å². The first-order valence-electron chi connectivity index (χ1n) is 9.72. The van der Waals surface area contributed by atoms with Crippen LogP contribution < -0.4 is 10.2 Å². The second kappa shape index (κ2) is 8.19. The van der Waals surface area contributed by atoms with Crippen molar-refractivity contribution in [1.29, 1.82) is 0 Å². The third kappa shape index (κ3) is 3.79. The van der Waals surface area contributed by atoms with Gasteiger partial charge in [0, 0.05) is 31.7 Å². The zero-order chi connectivity index (χ0) is 19.6. The van der Waals surface area contributed by atoms with Crippen LogP contribution in [0.2, 0.25) is 5.02 Å². The Morgan fingerprint density at radius 2 is 1.96 bits per heavy atom. The van der Waals surface area contributed by atoms with E-state index >= 15 is 0 Å². The lowest BCUT2D eigenvalue weighted by atomic mass is 9.74. The van der Waals surface area contributed by atoms with E-state index in [0.29, 0.717) is 31.3 Å². The number of anilines is 1. The van der Waals surface area contributed by atoms with Crippen LogP contribution in [0.15, 0.2) is 48.5 Å². The zero-order valence-corrected chi connectivity index (χ0v) is 16.4. The first-order valence-corrected chi connectivity index (χ1v) is 10.1. The maximum atomic E-state index is 13.8. The van der Waals surface area contributed by atoms with E-state index in [-0.39, 0.29) is 23.2 Å². The minimum atomic E-state index is -0.260. The second-order valence-corrected chi connectivity index (χ2v) is 7.97. The summed E-state index contributed by atoms with van der Waals surface area (Å²) in [6.45, 7) is 2.54. The molecule has 0 bridgehead atoms. The van der Waals surface area contributed by atoms with Gasteiger partial charge in [0.2, 0.25) is 5.91 Å². The minimum Gasteiger partial charge on any atom is -0.381 e. The van der Waals surface area contributed by atoms with Crippen molar-refractivity contribution in [1.82, 2.24) is 5.32 Å². The highest BCUT2D eigenvalue weighted by molar-refractivity contribution is 6.33. The number of halogens is 2. The standard InChI is InChI=1S/C22H24ClFN2O2/c23-18-6-1-2-7-20(18)26-11-8-19(21(26)27)25-15-22(9-12-28-13-10-22)16-4-3-5-17(24)14-16/h1-7,14,19,25H,8-13,15H2. The summed E-state index contributed by atoms with van der Waals surface area (Å²) in [5.74, 6) is -0.195. The molecule has 0 spiro atoms. The Balaban J connectivity index is 1.49. The van der Waals surface area contributed by atoms with Crippen LogP contribution in [0.25, 0.3) is 0 Å². The van der Waals surface area contributed by atoms with E-state index in [9.17, 15) is 9.18 Å². The molecule has 4 nitrogen and oxygen atoms in total. The van der Waals surface area contributed by atoms with Gasteiger partial charge in [-0.05, 0) is 49.1 Å². The molecule has 0 saturated carbocycles. The number of nitrogens with one attached hydrogen (secondary N) is 1. The molecule has 2 heterocycles. The van der Waals surface area contributed by atoms with Crippen LogP contribution in [0.1, 0.15) is 24.8 Å². The Bertz CT molecular complexity index is 854. The van der Waals surface area contributed by atoms with Crippen LogP contribution in [0.3, 0.4) is 0 Å². The Morgan fingerprint density at radius 3 is 2.71 bits per heavy atom. The van der Waals surface area contributed by atoms with Gasteiger partial charge in [-0.1, -0.05) is 35.9 Å². The third-order valence-corrected chi connectivity index (χ3v) is 6.24. The average molecular weight is 403 g/mol. The molecule has 4 rings (SSSR count). The van der Waals surface area contributed by atoms with Gasteiger partial charge >= 0.3 is 0 Å².